The minimum atomic E-state index is -3.98. The van der Waals surface area contributed by atoms with Crippen molar-refractivity contribution < 1.29 is 13.2 Å². The predicted octanol–water partition coefficient (Wildman–Crippen LogP) is 6.12. The molecule has 3 aromatic carbocycles. The average molecular weight is 575 g/mol. The van der Waals surface area contributed by atoms with Crippen molar-refractivity contribution in [1.82, 2.24) is 4.98 Å². The highest BCUT2D eigenvalue weighted by molar-refractivity contribution is 9.10. The van der Waals surface area contributed by atoms with E-state index in [1.165, 1.54) is 6.07 Å². The van der Waals surface area contributed by atoms with Crippen LogP contribution in [0.2, 0.25) is 0 Å². The number of hydrogen-bond donors (Lipinski definition) is 2. The summed E-state index contributed by atoms with van der Waals surface area (Å²) in [4.78, 5) is 17.0. The monoisotopic (exact) mass is 573 g/mol. The zero-order valence-corrected chi connectivity index (χ0v) is 20.8. The number of hydrogen-bond acceptors (Lipinski definition) is 4. The van der Waals surface area contributed by atoms with E-state index < -0.39 is 15.9 Å². The number of halogens is 2. The summed E-state index contributed by atoms with van der Waals surface area (Å²) in [6.07, 6.45) is 1.60. The third-order valence-corrected chi connectivity index (χ3v) is 7.25. The lowest BCUT2D eigenvalue weighted by Gasteiger charge is -2.14. The fourth-order valence-electron chi connectivity index (χ4n) is 3.20. The third-order valence-electron chi connectivity index (χ3n) is 4.76. The molecule has 0 aliphatic carbocycles. The molecule has 0 bridgehead atoms. The van der Waals surface area contributed by atoms with Crippen LogP contribution in [0.4, 0.5) is 11.4 Å². The summed E-state index contributed by atoms with van der Waals surface area (Å²) in [6.45, 7) is 1.68. The average Bonchev–Trinajstić information content (AvgIpc) is 2.75. The number of nitrogens with zero attached hydrogens (tertiary/aromatic N) is 1. The normalized spacial score (nSPS) is 11.3. The van der Waals surface area contributed by atoms with Gasteiger partial charge in [-0.25, -0.2) is 8.42 Å². The quantitative estimate of drug-likeness (QED) is 0.300. The molecule has 0 unspecified atom stereocenters. The Bertz CT molecular complexity index is 1440. The molecule has 0 radical (unpaired) electrons. The van der Waals surface area contributed by atoms with E-state index in [-0.39, 0.29) is 10.5 Å². The van der Waals surface area contributed by atoms with Crippen molar-refractivity contribution in [2.75, 3.05) is 10.0 Å². The number of carbonyl (C=O) groups is 1. The van der Waals surface area contributed by atoms with E-state index in [1.54, 1.807) is 61.7 Å². The maximum absolute atomic E-state index is 13.3. The molecular formula is C23H17Br2N3O3S. The first-order valence-electron chi connectivity index (χ1n) is 9.47. The maximum atomic E-state index is 13.3. The second kappa shape index (κ2) is 9.01. The summed E-state index contributed by atoms with van der Waals surface area (Å²) in [6, 6.07) is 18.8. The van der Waals surface area contributed by atoms with E-state index in [4.69, 9.17) is 0 Å². The van der Waals surface area contributed by atoms with E-state index in [9.17, 15) is 13.2 Å². The van der Waals surface area contributed by atoms with Crippen molar-refractivity contribution in [3.05, 3.63) is 93.0 Å². The van der Waals surface area contributed by atoms with Crippen LogP contribution in [0.5, 0.6) is 0 Å². The number of aromatic nitrogens is 1. The number of fused-ring (bicyclic) bond motifs is 1. The van der Waals surface area contributed by atoms with Gasteiger partial charge in [-0.2, -0.15) is 0 Å². The lowest BCUT2D eigenvalue weighted by atomic mass is 10.1. The molecule has 0 saturated heterocycles. The number of nitrogens with one attached hydrogen (secondary N) is 2. The van der Waals surface area contributed by atoms with Gasteiger partial charge in [0.2, 0.25) is 0 Å². The molecule has 1 amide bonds. The van der Waals surface area contributed by atoms with Crippen molar-refractivity contribution in [3.8, 4) is 0 Å². The number of anilines is 2. The number of benzene rings is 3. The minimum absolute atomic E-state index is 0.0185. The summed E-state index contributed by atoms with van der Waals surface area (Å²) in [5, 5.41) is 3.56. The Morgan fingerprint density at radius 1 is 0.938 bits per heavy atom. The zero-order valence-electron chi connectivity index (χ0n) is 16.8. The number of pyridine rings is 1. The van der Waals surface area contributed by atoms with Crippen LogP contribution in [-0.4, -0.2) is 19.3 Å². The SMILES string of the molecule is Cc1ccc(C(=O)Nc2ccc(Br)cc2)cc1S(=O)(=O)Nc1cc(Br)cc2cccnc12. The van der Waals surface area contributed by atoms with Gasteiger partial charge in [-0.15, -0.1) is 0 Å². The van der Waals surface area contributed by atoms with Gasteiger partial charge in [0.15, 0.2) is 0 Å². The van der Waals surface area contributed by atoms with Crippen LogP contribution in [0.25, 0.3) is 10.9 Å². The first-order chi connectivity index (χ1) is 15.2. The van der Waals surface area contributed by atoms with E-state index in [0.717, 1.165) is 14.3 Å². The van der Waals surface area contributed by atoms with Gasteiger partial charge < -0.3 is 5.32 Å². The van der Waals surface area contributed by atoms with Crippen molar-refractivity contribution >= 4 is 70.1 Å². The van der Waals surface area contributed by atoms with Crippen LogP contribution in [-0.2, 0) is 10.0 Å². The molecule has 0 saturated carbocycles. The summed E-state index contributed by atoms with van der Waals surface area (Å²) >= 11 is 6.76. The zero-order chi connectivity index (χ0) is 22.9. The third kappa shape index (κ3) is 4.85. The number of carbonyl (C=O) groups excluding carboxylic acids is 1. The van der Waals surface area contributed by atoms with Crippen molar-refractivity contribution in [2.45, 2.75) is 11.8 Å². The highest BCUT2D eigenvalue weighted by Gasteiger charge is 2.21. The Morgan fingerprint density at radius 3 is 2.44 bits per heavy atom. The van der Waals surface area contributed by atoms with E-state index >= 15 is 0 Å². The molecule has 0 atom stereocenters. The Hall–Kier alpha value is -2.75. The molecule has 2 N–H and O–H groups in total. The fraction of sp³-hybridized carbons (Fsp3) is 0.0435. The van der Waals surface area contributed by atoms with Crippen molar-refractivity contribution in [3.63, 3.8) is 0 Å². The predicted molar refractivity (Wildman–Crippen MR) is 134 cm³/mol. The molecule has 0 aliphatic heterocycles. The fourth-order valence-corrected chi connectivity index (χ4v) is 5.27. The molecule has 1 aromatic heterocycles. The van der Waals surface area contributed by atoms with E-state index in [0.29, 0.717) is 22.5 Å². The van der Waals surface area contributed by atoms with Gasteiger partial charge in [-0.05, 0) is 67.1 Å². The van der Waals surface area contributed by atoms with Gasteiger partial charge in [-0.1, -0.05) is 44.0 Å². The lowest BCUT2D eigenvalue weighted by Crippen LogP contribution is -2.17. The van der Waals surface area contributed by atoms with Gasteiger partial charge in [0.1, 0.15) is 0 Å². The summed E-state index contributed by atoms with van der Waals surface area (Å²) < 4.78 is 30.7. The van der Waals surface area contributed by atoms with E-state index in [2.05, 4.69) is 46.9 Å². The van der Waals surface area contributed by atoms with Crippen LogP contribution in [0.1, 0.15) is 15.9 Å². The molecular weight excluding hydrogens is 558 g/mol. The highest BCUT2D eigenvalue weighted by atomic mass is 79.9. The first kappa shape index (κ1) is 22.4. The number of rotatable bonds is 5. The van der Waals surface area contributed by atoms with Crippen molar-refractivity contribution in [2.24, 2.45) is 0 Å². The van der Waals surface area contributed by atoms with Gasteiger partial charge in [-0.3, -0.25) is 14.5 Å². The topological polar surface area (TPSA) is 88.2 Å². The highest BCUT2D eigenvalue weighted by Crippen LogP contribution is 2.29. The van der Waals surface area contributed by atoms with Crippen LogP contribution in [0.3, 0.4) is 0 Å². The molecule has 4 rings (SSSR count). The Labute approximate surface area is 202 Å². The molecule has 32 heavy (non-hydrogen) atoms. The van der Waals surface area contributed by atoms with Gasteiger partial charge in [0.25, 0.3) is 15.9 Å². The molecule has 1 heterocycles. The lowest BCUT2D eigenvalue weighted by molar-refractivity contribution is 0.102. The molecule has 0 spiro atoms. The summed E-state index contributed by atoms with van der Waals surface area (Å²) in [5.41, 5.74) is 2.23. The maximum Gasteiger partial charge on any atom is 0.262 e. The Balaban J connectivity index is 1.67. The van der Waals surface area contributed by atoms with Gasteiger partial charge >= 0.3 is 0 Å². The molecule has 0 fully saturated rings. The Morgan fingerprint density at radius 2 is 1.69 bits per heavy atom. The molecule has 9 heteroatoms. The first-order valence-corrected chi connectivity index (χ1v) is 12.5. The number of aryl methyl sites for hydroxylation is 1. The van der Waals surface area contributed by atoms with Crippen LogP contribution in [0.15, 0.2) is 86.8 Å². The van der Waals surface area contributed by atoms with Crippen LogP contribution < -0.4 is 10.0 Å². The van der Waals surface area contributed by atoms with Crippen LogP contribution >= 0.6 is 31.9 Å². The van der Waals surface area contributed by atoms with Gasteiger partial charge in [0.05, 0.1) is 16.1 Å². The van der Waals surface area contributed by atoms with Crippen molar-refractivity contribution in [1.29, 1.82) is 0 Å². The largest absolute Gasteiger partial charge is 0.322 e. The molecule has 0 aliphatic rings. The number of sulfonamides is 1. The standard InChI is InChI=1S/C23H17Br2N3O3S/c1-14-4-5-16(23(29)27-19-8-6-17(24)7-9-19)12-21(14)32(30,31)28-20-13-18(25)11-15-3-2-10-26-22(15)20/h2-13,28H,1H3,(H,27,29). The smallest absolute Gasteiger partial charge is 0.262 e. The molecule has 162 valence electrons. The molecule has 6 nitrogen and oxygen atoms in total. The summed E-state index contributed by atoms with van der Waals surface area (Å²) in [5.74, 6) is -0.404. The van der Waals surface area contributed by atoms with Gasteiger partial charge in [0, 0.05) is 31.8 Å². The van der Waals surface area contributed by atoms with E-state index in [1.807, 2.05) is 12.1 Å². The summed E-state index contributed by atoms with van der Waals surface area (Å²) in [7, 11) is -3.98. The Kier molecular flexibility index (Phi) is 6.32. The van der Waals surface area contributed by atoms with Crippen LogP contribution in [0, 0.1) is 6.92 Å². The second-order valence-corrected chi connectivity index (χ2v) is 10.6. The second-order valence-electron chi connectivity index (χ2n) is 7.08. The minimum Gasteiger partial charge on any atom is -0.322 e. The number of amides is 1. The molecule has 4 aromatic rings.